The first-order chi connectivity index (χ1) is 9.85. The molecule has 2 aromatic rings. The minimum atomic E-state index is -4.08. The molecule has 0 heterocycles. The van der Waals surface area contributed by atoms with E-state index < -0.39 is 26.3 Å². The summed E-state index contributed by atoms with van der Waals surface area (Å²) in [4.78, 5) is -0.415. The van der Waals surface area contributed by atoms with Gasteiger partial charge >= 0.3 is 0 Å². The maximum atomic E-state index is 13.5. The standard InChI is InChI=1S/C14H10ClFN2O2S/c1-9-5-6-10(7-12(9)15)18-21(19,20)14-4-2-3-13(16)11(14)8-17/h2-7,18H,1H3. The second-order valence-corrected chi connectivity index (χ2v) is 6.35. The highest BCUT2D eigenvalue weighted by Crippen LogP contribution is 2.24. The number of rotatable bonds is 3. The zero-order valence-electron chi connectivity index (χ0n) is 10.9. The van der Waals surface area contributed by atoms with Gasteiger partial charge in [-0.25, -0.2) is 12.8 Å². The summed E-state index contributed by atoms with van der Waals surface area (Å²) in [6.07, 6.45) is 0. The normalized spacial score (nSPS) is 11.0. The third kappa shape index (κ3) is 3.15. The molecule has 0 aromatic heterocycles. The number of halogens is 2. The van der Waals surface area contributed by atoms with Gasteiger partial charge in [-0.2, -0.15) is 5.26 Å². The molecular formula is C14H10ClFN2O2S. The number of benzene rings is 2. The van der Waals surface area contributed by atoms with Crippen LogP contribution in [-0.4, -0.2) is 8.42 Å². The Morgan fingerprint density at radius 3 is 2.62 bits per heavy atom. The first kappa shape index (κ1) is 15.3. The van der Waals surface area contributed by atoms with E-state index in [2.05, 4.69) is 4.72 Å². The lowest BCUT2D eigenvalue weighted by Crippen LogP contribution is -2.15. The number of nitriles is 1. The van der Waals surface area contributed by atoms with Gasteiger partial charge in [-0.15, -0.1) is 0 Å². The Kier molecular flexibility index (Phi) is 4.16. The van der Waals surface area contributed by atoms with E-state index in [-0.39, 0.29) is 5.69 Å². The molecule has 4 nitrogen and oxygen atoms in total. The first-order valence-electron chi connectivity index (χ1n) is 5.83. The van der Waals surface area contributed by atoms with E-state index in [1.807, 2.05) is 0 Å². The topological polar surface area (TPSA) is 70.0 Å². The number of hydrogen-bond donors (Lipinski definition) is 1. The SMILES string of the molecule is Cc1ccc(NS(=O)(=O)c2cccc(F)c2C#N)cc1Cl. The zero-order valence-corrected chi connectivity index (χ0v) is 12.5. The summed E-state index contributed by atoms with van der Waals surface area (Å²) in [5.41, 5.74) is 0.505. The fourth-order valence-electron chi connectivity index (χ4n) is 1.70. The third-order valence-corrected chi connectivity index (χ3v) is 4.63. The number of hydrogen-bond acceptors (Lipinski definition) is 3. The molecule has 0 aliphatic heterocycles. The monoisotopic (exact) mass is 324 g/mol. The van der Waals surface area contributed by atoms with Crippen LogP contribution >= 0.6 is 11.6 Å². The van der Waals surface area contributed by atoms with Crippen molar-refractivity contribution in [1.29, 1.82) is 5.26 Å². The lowest BCUT2D eigenvalue weighted by molar-refractivity contribution is 0.593. The van der Waals surface area contributed by atoms with Gasteiger partial charge in [0, 0.05) is 5.02 Å². The summed E-state index contributed by atoms with van der Waals surface area (Å²) in [6.45, 7) is 1.78. The molecule has 0 aliphatic rings. The van der Waals surface area contributed by atoms with Crippen LogP contribution in [0.1, 0.15) is 11.1 Å². The average molecular weight is 325 g/mol. The first-order valence-corrected chi connectivity index (χ1v) is 7.69. The Balaban J connectivity index is 2.46. The maximum Gasteiger partial charge on any atom is 0.263 e. The molecule has 0 aliphatic carbocycles. The molecule has 21 heavy (non-hydrogen) atoms. The average Bonchev–Trinajstić information content (AvgIpc) is 2.42. The van der Waals surface area contributed by atoms with Crippen LogP contribution < -0.4 is 4.72 Å². The highest BCUT2D eigenvalue weighted by atomic mass is 35.5. The van der Waals surface area contributed by atoms with Crippen LogP contribution in [0.15, 0.2) is 41.3 Å². The van der Waals surface area contributed by atoms with Gasteiger partial charge in [-0.05, 0) is 36.8 Å². The van der Waals surface area contributed by atoms with E-state index >= 15 is 0 Å². The van der Waals surface area contributed by atoms with Crippen LogP contribution in [0.5, 0.6) is 0 Å². The van der Waals surface area contributed by atoms with Crippen LogP contribution in [-0.2, 0) is 10.0 Å². The van der Waals surface area contributed by atoms with E-state index in [1.165, 1.54) is 24.3 Å². The lowest BCUT2D eigenvalue weighted by Gasteiger charge is -2.10. The Morgan fingerprint density at radius 1 is 1.29 bits per heavy atom. The van der Waals surface area contributed by atoms with Crippen LogP contribution in [0.2, 0.25) is 5.02 Å². The Bertz CT molecular complexity index is 845. The molecule has 0 spiro atoms. The molecule has 2 aromatic carbocycles. The molecule has 0 saturated carbocycles. The summed E-state index contributed by atoms with van der Waals surface area (Å²) in [5, 5.41) is 9.30. The third-order valence-electron chi connectivity index (χ3n) is 2.80. The number of sulfonamides is 1. The van der Waals surface area contributed by atoms with E-state index in [4.69, 9.17) is 16.9 Å². The van der Waals surface area contributed by atoms with Crippen molar-refractivity contribution < 1.29 is 12.8 Å². The number of aryl methyl sites for hydroxylation is 1. The second-order valence-electron chi connectivity index (χ2n) is 4.29. The Labute approximate surface area is 126 Å². The molecule has 0 saturated heterocycles. The van der Waals surface area contributed by atoms with Crippen molar-refractivity contribution in [1.82, 2.24) is 0 Å². The van der Waals surface area contributed by atoms with Crippen molar-refractivity contribution in [3.8, 4) is 6.07 Å². The van der Waals surface area contributed by atoms with Crippen molar-refractivity contribution in [3.05, 3.63) is 58.4 Å². The predicted octanol–water partition coefficient (Wildman–Crippen LogP) is 3.46. The molecule has 0 unspecified atom stereocenters. The summed E-state index contributed by atoms with van der Waals surface area (Å²) in [5.74, 6) is -0.887. The van der Waals surface area contributed by atoms with E-state index in [1.54, 1.807) is 19.1 Å². The molecule has 108 valence electrons. The highest BCUT2D eigenvalue weighted by Gasteiger charge is 2.21. The number of anilines is 1. The second kappa shape index (κ2) is 5.72. The summed E-state index contributed by atoms with van der Waals surface area (Å²) < 4.78 is 40.3. The van der Waals surface area contributed by atoms with Gasteiger partial charge in [-0.1, -0.05) is 23.7 Å². The molecule has 1 N–H and O–H groups in total. The number of nitrogens with zero attached hydrogens (tertiary/aromatic N) is 1. The summed E-state index contributed by atoms with van der Waals surface area (Å²) in [7, 11) is -4.08. The van der Waals surface area contributed by atoms with Gasteiger partial charge in [0.25, 0.3) is 10.0 Å². The lowest BCUT2D eigenvalue weighted by atomic mass is 10.2. The van der Waals surface area contributed by atoms with Crippen molar-refractivity contribution in [2.45, 2.75) is 11.8 Å². The summed E-state index contributed by atoms with van der Waals surface area (Å²) >= 11 is 5.93. The van der Waals surface area contributed by atoms with Crippen molar-refractivity contribution >= 4 is 27.3 Å². The number of nitrogens with one attached hydrogen (secondary N) is 1. The minimum Gasteiger partial charge on any atom is -0.280 e. The van der Waals surface area contributed by atoms with Gasteiger partial charge < -0.3 is 0 Å². The van der Waals surface area contributed by atoms with E-state index in [9.17, 15) is 12.8 Å². The van der Waals surface area contributed by atoms with Crippen LogP contribution in [0.3, 0.4) is 0 Å². The smallest absolute Gasteiger partial charge is 0.263 e. The molecule has 0 fully saturated rings. The minimum absolute atomic E-state index is 0.235. The van der Waals surface area contributed by atoms with Gasteiger partial charge in [-0.3, -0.25) is 4.72 Å². The van der Waals surface area contributed by atoms with E-state index in [0.717, 1.165) is 11.6 Å². The van der Waals surface area contributed by atoms with Crippen LogP contribution in [0.4, 0.5) is 10.1 Å². The molecule has 0 atom stereocenters. The molecule has 0 radical (unpaired) electrons. The van der Waals surface area contributed by atoms with Crippen LogP contribution in [0, 0.1) is 24.1 Å². The quantitative estimate of drug-likeness (QED) is 0.940. The summed E-state index contributed by atoms with van der Waals surface area (Å²) in [6, 6.07) is 9.61. The van der Waals surface area contributed by atoms with Crippen LogP contribution in [0.25, 0.3) is 0 Å². The highest BCUT2D eigenvalue weighted by molar-refractivity contribution is 7.92. The van der Waals surface area contributed by atoms with Gasteiger partial charge in [0.15, 0.2) is 0 Å². The largest absolute Gasteiger partial charge is 0.280 e. The van der Waals surface area contributed by atoms with E-state index in [0.29, 0.717) is 5.02 Å². The molecule has 0 bridgehead atoms. The predicted molar refractivity (Wildman–Crippen MR) is 78.1 cm³/mol. The molecular weight excluding hydrogens is 315 g/mol. The Hall–Kier alpha value is -2.10. The van der Waals surface area contributed by atoms with Gasteiger partial charge in [0.1, 0.15) is 22.3 Å². The van der Waals surface area contributed by atoms with Crippen molar-refractivity contribution in [2.75, 3.05) is 4.72 Å². The maximum absolute atomic E-state index is 13.5. The molecule has 0 amide bonds. The van der Waals surface area contributed by atoms with Gasteiger partial charge in [0.05, 0.1) is 5.69 Å². The Morgan fingerprint density at radius 2 is 2.00 bits per heavy atom. The zero-order chi connectivity index (χ0) is 15.6. The molecule has 7 heteroatoms. The fourth-order valence-corrected chi connectivity index (χ4v) is 3.10. The van der Waals surface area contributed by atoms with Crippen molar-refractivity contribution in [2.24, 2.45) is 0 Å². The molecule has 2 rings (SSSR count). The van der Waals surface area contributed by atoms with Gasteiger partial charge in [0.2, 0.25) is 0 Å². The van der Waals surface area contributed by atoms with Crippen molar-refractivity contribution in [3.63, 3.8) is 0 Å². The fraction of sp³-hybridized carbons (Fsp3) is 0.0714.